The fourth-order valence-corrected chi connectivity index (χ4v) is 5.43. The number of terminal acetylenes is 1. The third-order valence-corrected chi connectivity index (χ3v) is 7.40. The maximum Gasteiger partial charge on any atom is 0.411 e. The lowest BCUT2D eigenvalue weighted by Gasteiger charge is -2.27. The first-order valence-electron chi connectivity index (χ1n) is 13.0. The van der Waals surface area contributed by atoms with Crippen LogP contribution >= 0.6 is 11.6 Å². The van der Waals surface area contributed by atoms with Crippen LogP contribution in [0, 0.1) is 35.4 Å². The number of pyridine rings is 1. The van der Waals surface area contributed by atoms with Crippen molar-refractivity contribution in [3.63, 3.8) is 0 Å². The highest BCUT2D eigenvalue weighted by molar-refractivity contribution is 6.30. The number of hydrogen-bond acceptors (Lipinski definition) is 8. The highest BCUT2D eigenvalue weighted by Crippen LogP contribution is 2.37. The third kappa shape index (κ3) is 5.89. The molecule has 10 nitrogen and oxygen atoms in total. The first-order valence-corrected chi connectivity index (χ1v) is 13.4. The fourth-order valence-electron chi connectivity index (χ4n) is 5.26. The second-order valence-electron chi connectivity index (χ2n) is 9.81. The summed E-state index contributed by atoms with van der Waals surface area (Å²) in [5, 5.41) is 8.57. The van der Waals surface area contributed by atoms with E-state index in [9.17, 15) is 4.79 Å². The van der Waals surface area contributed by atoms with E-state index in [1.807, 2.05) is 4.57 Å². The van der Waals surface area contributed by atoms with Gasteiger partial charge in [-0.15, -0.1) is 12.3 Å². The van der Waals surface area contributed by atoms with Gasteiger partial charge >= 0.3 is 6.09 Å². The second-order valence-corrected chi connectivity index (χ2v) is 10.2. The summed E-state index contributed by atoms with van der Waals surface area (Å²) in [5.41, 5.74) is 6.99. The van der Waals surface area contributed by atoms with Gasteiger partial charge in [0.2, 0.25) is 5.82 Å². The molecule has 1 fully saturated rings. The zero-order valence-electron chi connectivity index (χ0n) is 22.2. The van der Waals surface area contributed by atoms with E-state index in [2.05, 4.69) is 20.9 Å². The van der Waals surface area contributed by atoms with Crippen molar-refractivity contribution in [2.75, 3.05) is 7.11 Å². The van der Waals surface area contributed by atoms with Crippen molar-refractivity contribution in [3.8, 4) is 23.6 Å². The molecule has 0 spiro atoms. The van der Waals surface area contributed by atoms with Crippen LogP contribution in [0.2, 0.25) is 5.02 Å². The van der Waals surface area contributed by atoms with Gasteiger partial charge in [0, 0.05) is 43.1 Å². The van der Waals surface area contributed by atoms with Crippen molar-refractivity contribution in [1.82, 2.24) is 24.5 Å². The number of carbonyl (C=O) groups excluding carboxylic acids is 1. The van der Waals surface area contributed by atoms with Gasteiger partial charge in [-0.2, -0.15) is 0 Å². The molecule has 0 bridgehead atoms. The zero-order chi connectivity index (χ0) is 29.1. The van der Waals surface area contributed by atoms with E-state index >= 15 is 4.39 Å². The molecule has 1 atom stereocenters. The van der Waals surface area contributed by atoms with Crippen LogP contribution in [-0.2, 0) is 16.0 Å². The van der Waals surface area contributed by atoms with Crippen LogP contribution in [-0.4, -0.2) is 43.6 Å². The fraction of sp³-hybridized carbons (Fsp3) is 0.310. The van der Waals surface area contributed by atoms with Crippen molar-refractivity contribution in [2.24, 2.45) is 17.6 Å². The summed E-state index contributed by atoms with van der Waals surface area (Å²) in [6.45, 7) is 0.510. The molecule has 1 saturated carbocycles. The number of aromatic nitrogens is 5. The lowest BCUT2D eigenvalue weighted by molar-refractivity contribution is 0.121. The predicted molar refractivity (Wildman–Crippen MR) is 151 cm³/mol. The molecule has 3 aromatic heterocycles. The van der Waals surface area contributed by atoms with Gasteiger partial charge in [0.15, 0.2) is 5.65 Å². The van der Waals surface area contributed by atoms with Gasteiger partial charge in [0.25, 0.3) is 5.90 Å². The van der Waals surface area contributed by atoms with Crippen LogP contribution in [0.25, 0.3) is 22.4 Å². The van der Waals surface area contributed by atoms with Crippen molar-refractivity contribution in [1.29, 1.82) is 5.41 Å². The van der Waals surface area contributed by atoms with Crippen LogP contribution in [0.5, 0.6) is 0 Å². The van der Waals surface area contributed by atoms with E-state index in [0.29, 0.717) is 39.7 Å². The smallest absolute Gasteiger partial charge is 0.388 e. The number of hydrogen-bond donors (Lipinski definition) is 2. The SMILES string of the molecule is C#CC1CCC(Cn2c(C(OC)c3ccccc3F)nc3nc(C(=N)OC(N)=O)nc(-c4cncc(Cl)c4)c32)CC1. The number of nitrogens with two attached hydrogens (primary N) is 1. The summed E-state index contributed by atoms with van der Waals surface area (Å²) in [4.78, 5) is 29.4. The Morgan fingerprint density at radius 3 is 2.66 bits per heavy atom. The Hall–Kier alpha value is -4.40. The number of benzene rings is 1. The van der Waals surface area contributed by atoms with E-state index in [0.717, 1.165) is 25.7 Å². The summed E-state index contributed by atoms with van der Waals surface area (Å²) in [6, 6.07) is 7.99. The van der Waals surface area contributed by atoms with Crippen molar-refractivity contribution >= 4 is 34.8 Å². The first-order chi connectivity index (χ1) is 19.8. The molecule has 0 saturated heterocycles. The van der Waals surface area contributed by atoms with Crippen molar-refractivity contribution in [3.05, 3.63) is 70.8 Å². The standard InChI is InChI=1S/C29H27ClFN7O3/c1-3-16-8-10-17(11-9-16)15-38-23-22(18-12-19(30)14-34-13-18)35-27(25(32)41-29(33)39)36-26(23)37-28(38)24(40-2)20-6-4-5-7-21(20)31/h1,4-7,12-14,16-17,24,32H,8-11,15H2,2H3,(H2,33,39). The van der Waals surface area contributed by atoms with E-state index < -0.39 is 23.9 Å². The number of primary amides is 1. The molecule has 4 aromatic rings. The van der Waals surface area contributed by atoms with Gasteiger partial charge in [-0.3, -0.25) is 10.4 Å². The molecule has 12 heteroatoms. The van der Waals surface area contributed by atoms with Crippen LogP contribution in [0.4, 0.5) is 9.18 Å². The molecular weight excluding hydrogens is 549 g/mol. The molecule has 5 rings (SSSR count). The number of nitrogens with one attached hydrogen (secondary N) is 1. The van der Waals surface area contributed by atoms with Crippen molar-refractivity contribution < 1.29 is 18.7 Å². The molecule has 3 N–H and O–H groups in total. The number of halogens is 2. The predicted octanol–water partition coefficient (Wildman–Crippen LogP) is 5.28. The van der Waals surface area contributed by atoms with E-state index in [1.54, 1.807) is 30.5 Å². The summed E-state index contributed by atoms with van der Waals surface area (Å²) < 4.78 is 27.6. The van der Waals surface area contributed by atoms with Crippen molar-refractivity contribution in [2.45, 2.75) is 38.3 Å². The molecule has 210 valence electrons. The largest absolute Gasteiger partial charge is 0.411 e. The summed E-state index contributed by atoms with van der Waals surface area (Å²) in [5.74, 6) is 2.42. The first kappa shape index (κ1) is 28.1. The maximum absolute atomic E-state index is 15.0. The van der Waals surface area contributed by atoms with E-state index in [1.165, 1.54) is 19.4 Å². The topological polar surface area (TPSA) is 142 Å². The molecule has 1 amide bonds. The molecule has 1 aliphatic carbocycles. The Morgan fingerprint density at radius 2 is 2.00 bits per heavy atom. The second kappa shape index (κ2) is 12.0. The molecule has 1 unspecified atom stereocenters. The Balaban J connectivity index is 1.76. The van der Waals surface area contributed by atoms with Gasteiger partial charge in [-0.1, -0.05) is 29.8 Å². The number of carbonyl (C=O) groups is 1. The molecule has 0 radical (unpaired) electrons. The zero-order valence-corrected chi connectivity index (χ0v) is 22.9. The number of rotatable bonds is 7. The van der Waals surface area contributed by atoms with Crippen LogP contribution in [0.15, 0.2) is 42.7 Å². The minimum absolute atomic E-state index is 0.188. The lowest BCUT2D eigenvalue weighted by Crippen LogP contribution is -2.22. The highest BCUT2D eigenvalue weighted by atomic mass is 35.5. The molecule has 41 heavy (non-hydrogen) atoms. The summed E-state index contributed by atoms with van der Waals surface area (Å²) in [6.07, 6.45) is 10.3. The third-order valence-electron chi connectivity index (χ3n) is 7.20. The Kier molecular flexibility index (Phi) is 8.23. The van der Waals surface area contributed by atoms with Gasteiger partial charge in [0.05, 0.1) is 5.02 Å². The molecular formula is C29H27ClFN7O3. The van der Waals surface area contributed by atoms with E-state index in [-0.39, 0.29) is 23.3 Å². The number of fused-ring (bicyclic) bond motifs is 1. The van der Waals surface area contributed by atoms with Crippen LogP contribution in [0.1, 0.15) is 49.0 Å². The van der Waals surface area contributed by atoms with Gasteiger partial charge < -0.3 is 19.8 Å². The van der Waals surface area contributed by atoms with Gasteiger partial charge in [-0.25, -0.2) is 24.1 Å². The average Bonchev–Trinajstić information content (AvgIpc) is 3.31. The number of ether oxygens (including phenoxy) is 2. The molecule has 0 aliphatic heterocycles. The molecule has 3 heterocycles. The van der Waals surface area contributed by atoms with Crippen LogP contribution in [0.3, 0.4) is 0 Å². The maximum atomic E-state index is 15.0. The quantitative estimate of drug-likeness (QED) is 0.173. The monoisotopic (exact) mass is 575 g/mol. The average molecular weight is 576 g/mol. The summed E-state index contributed by atoms with van der Waals surface area (Å²) in [7, 11) is 1.48. The van der Waals surface area contributed by atoms with Gasteiger partial charge in [0.1, 0.15) is 29.0 Å². The van der Waals surface area contributed by atoms with E-state index in [4.69, 9.17) is 43.6 Å². The lowest BCUT2D eigenvalue weighted by atomic mass is 9.82. The van der Waals surface area contributed by atoms with Gasteiger partial charge in [-0.05, 0) is 43.7 Å². The number of methoxy groups -OCH3 is 1. The highest BCUT2D eigenvalue weighted by Gasteiger charge is 2.30. The number of nitrogens with zero attached hydrogens (tertiary/aromatic N) is 5. The molecule has 1 aliphatic rings. The molecule has 1 aromatic carbocycles. The Morgan fingerprint density at radius 1 is 1.24 bits per heavy atom. The minimum Gasteiger partial charge on any atom is -0.388 e. The Bertz CT molecular complexity index is 1660. The normalized spacial score (nSPS) is 17.6. The summed E-state index contributed by atoms with van der Waals surface area (Å²) >= 11 is 6.28. The Labute approximate surface area is 240 Å². The number of imidazole rings is 1. The minimum atomic E-state index is -1.18. The number of amides is 1. The van der Waals surface area contributed by atoms with Crippen LogP contribution < -0.4 is 5.73 Å².